The van der Waals surface area contributed by atoms with Crippen molar-refractivity contribution in [3.63, 3.8) is 0 Å². The van der Waals surface area contributed by atoms with Crippen LogP contribution in [0, 0.1) is 6.92 Å². The van der Waals surface area contributed by atoms with Crippen molar-refractivity contribution >= 4 is 29.2 Å². The minimum absolute atomic E-state index is 0.0414. The second kappa shape index (κ2) is 12.8. The lowest BCUT2D eigenvalue weighted by molar-refractivity contribution is -0.147. The minimum Gasteiger partial charge on any atom is -0.497 e. The molecule has 0 aliphatic heterocycles. The highest BCUT2D eigenvalue weighted by molar-refractivity contribution is 5.93. The Morgan fingerprint density at radius 3 is 2.03 bits per heavy atom. The summed E-state index contributed by atoms with van der Waals surface area (Å²) in [6, 6.07) is 21.5. The number of ether oxygens (including phenoxy) is 3. The van der Waals surface area contributed by atoms with Crippen molar-refractivity contribution in [2.45, 2.75) is 26.2 Å². The first-order valence-electron chi connectivity index (χ1n) is 11.2. The van der Waals surface area contributed by atoms with Gasteiger partial charge in [0.25, 0.3) is 5.91 Å². The summed E-state index contributed by atoms with van der Waals surface area (Å²) in [5.41, 5.74) is 2.20. The standard InChI is InChI=1S/C27H28N2O6/c1-19-6-3-4-7-24(19)29-26(31)18-34-27(32)9-5-8-25(30)28-20-10-12-22(13-11-20)35-23-16-14-21(33-2)15-17-23/h3-4,6-7,10-17H,5,8-9,18H2,1-2H3,(H,28,30)(H,29,31). The first-order valence-corrected chi connectivity index (χ1v) is 11.2. The molecule has 0 saturated heterocycles. The van der Waals surface area contributed by atoms with E-state index in [2.05, 4.69) is 10.6 Å². The van der Waals surface area contributed by atoms with E-state index in [0.717, 1.165) is 11.3 Å². The van der Waals surface area contributed by atoms with Gasteiger partial charge in [-0.2, -0.15) is 0 Å². The van der Waals surface area contributed by atoms with E-state index < -0.39 is 11.9 Å². The molecule has 0 aliphatic carbocycles. The molecule has 0 heterocycles. The molecule has 3 aromatic rings. The largest absolute Gasteiger partial charge is 0.497 e. The lowest BCUT2D eigenvalue weighted by atomic mass is 10.2. The van der Waals surface area contributed by atoms with Crippen LogP contribution in [0.3, 0.4) is 0 Å². The highest BCUT2D eigenvalue weighted by Gasteiger charge is 2.10. The van der Waals surface area contributed by atoms with E-state index >= 15 is 0 Å². The summed E-state index contributed by atoms with van der Waals surface area (Å²) in [7, 11) is 1.60. The van der Waals surface area contributed by atoms with Crippen LogP contribution in [0.1, 0.15) is 24.8 Å². The van der Waals surface area contributed by atoms with Gasteiger partial charge in [0, 0.05) is 24.2 Å². The van der Waals surface area contributed by atoms with Crippen LogP contribution in [0.5, 0.6) is 17.2 Å². The van der Waals surface area contributed by atoms with Gasteiger partial charge in [-0.3, -0.25) is 14.4 Å². The smallest absolute Gasteiger partial charge is 0.306 e. The number of hydrogen-bond acceptors (Lipinski definition) is 6. The molecule has 0 aromatic heterocycles. The summed E-state index contributed by atoms with van der Waals surface area (Å²) >= 11 is 0. The summed E-state index contributed by atoms with van der Waals surface area (Å²) < 4.78 is 15.9. The first kappa shape index (κ1) is 25.3. The van der Waals surface area contributed by atoms with Crippen LogP contribution in [0.2, 0.25) is 0 Å². The molecule has 0 bridgehead atoms. The van der Waals surface area contributed by atoms with Crippen molar-refractivity contribution in [2.75, 3.05) is 24.4 Å². The molecule has 3 rings (SSSR count). The monoisotopic (exact) mass is 476 g/mol. The topological polar surface area (TPSA) is 103 Å². The van der Waals surface area contributed by atoms with Crippen molar-refractivity contribution in [3.05, 3.63) is 78.4 Å². The zero-order valence-corrected chi connectivity index (χ0v) is 19.7. The molecule has 2 N–H and O–H groups in total. The van der Waals surface area contributed by atoms with Crippen LogP contribution in [0.4, 0.5) is 11.4 Å². The van der Waals surface area contributed by atoms with Crippen LogP contribution in [0.15, 0.2) is 72.8 Å². The van der Waals surface area contributed by atoms with Gasteiger partial charge in [-0.25, -0.2) is 0 Å². The molecule has 2 amide bonds. The fourth-order valence-corrected chi connectivity index (χ4v) is 3.12. The maximum absolute atomic E-state index is 12.2. The van der Waals surface area contributed by atoms with Gasteiger partial charge in [0.15, 0.2) is 6.61 Å². The van der Waals surface area contributed by atoms with Gasteiger partial charge in [-0.15, -0.1) is 0 Å². The zero-order valence-electron chi connectivity index (χ0n) is 19.7. The Morgan fingerprint density at radius 2 is 1.37 bits per heavy atom. The average Bonchev–Trinajstić information content (AvgIpc) is 2.86. The molecule has 0 unspecified atom stereocenters. The SMILES string of the molecule is COc1ccc(Oc2ccc(NC(=O)CCCC(=O)OCC(=O)Nc3ccccc3C)cc2)cc1. The fraction of sp³-hybridized carbons (Fsp3) is 0.222. The lowest BCUT2D eigenvalue weighted by Crippen LogP contribution is -2.21. The Morgan fingerprint density at radius 1 is 0.743 bits per heavy atom. The van der Waals surface area contributed by atoms with E-state index in [-0.39, 0.29) is 25.4 Å². The maximum atomic E-state index is 12.2. The number of hydrogen-bond donors (Lipinski definition) is 2. The molecule has 182 valence electrons. The number of anilines is 2. The quantitative estimate of drug-likeness (QED) is 0.374. The number of carbonyl (C=O) groups excluding carboxylic acids is 3. The van der Waals surface area contributed by atoms with Gasteiger partial charge in [0.2, 0.25) is 5.91 Å². The van der Waals surface area contributed by atoms with Gasteiger partial charge in [-0.05, 0) is 73.5 Å². The predicted molar refractivity (Wildman–Crippen MR) is 133 cm³/mol. The number of para-hydroxylation sites is 1. The fourth-order valence-electron chi connectivity index (χ4n) is 3.12. The van der Waals surface area contributed by atoms with Crippen LogP contribution in [-0.2, 0) is 19.1 Å². The Hall–Kier alpha value is -4.33. The third-order valence-electron chi connectivity index (χ3n) is 5.00. The van der Waals surface area contributed by atoms with Gasteiger partial charge in [0.05, 0.1) is 7.11 Å². The number of benzene rings is 3. The molecule has 35 heavy (non-hydrogen) atoms. The van der Waals surface area contributed by atoms with Crippen molar-refractivity contribution in [2.24, 2.45) is 0 Å². The van der Waals surface area contributed by atoms with E-state index in [9.17, 15) is 14.4 Å². The highest BCUT2D eigenvalue weighted by Crippen LogP contribution is 2.25. The second-order valence-electron chi connectivity index (χ2n) is 7.73. The molecule has 8 nitrogen and oxygen atoms in total. The van der Waals surface area contributed by atoms with E-state index in [0.29, 0.717) is 29.3 Å². The molecule has 8 heteroatoms. The van der Waals surface area contributed by atoms with Crippen molar-refractivity contribution in [1.29, 1.82) is 0 Å². The molecule has 3 aromatic carbocycles. The minimum atomic E-state index is -0.530. The number of amides is 2. The highest BCUT2D eigenvalue weighted by atomic mass is 16.5. The molecular weight excluding hydrogens is 448 g/mol. The Labute approximate surface area is 204 Å². The first-order chi connectivity index (χ1) is 16.9. The van der Waals surface area contributed by atoms with Crippen LogP contribution in [-0.4, -0.2) is 31.5 Å². The number of esters is 1. The molecule has 0 fully saturated rings. The molecule has 0 aliphatic rings. The zero-order chi connectivity index (χ0) is 25.0. The lowest BCUT2D eigenvalue weighted by Gasteiger charge is -2.09. The third-order valence-corrected chi connectivity index (χ3v) is 5.00. The number of rotatable bonds is 11. The normalized spacial score (nSPS) is 10.2. The van der Waals surface area contributed by atoms with E-state index in [1.807, 2.05) is 25.1 Å². The molecule has 0 spiro atoms. The summed E-state index contributed by atoms with van der Waals surface area (Å²) in [5, 5.41) is 5.47. The molecule has 0 radical (unpaired) electrons. The summed E-state index contributed by atoms with van der Waals surface area (Å²) in [5.74, 6) is 0.873. The predicted octanol–water partition coefficient (Wildman–Crippen LogP) is 5.09. The van der Waals surface area contributed by atoms with Crippen LogP contribution >= 0.6 is 0 Å². The Bertz CT molecular complexity index is 1140. The van der Waals surface area contributed by atoms with Crippen LogP contribution in [0.25, 0.3) is 0 Å². The van der Waals surface area contributed by atoms with E-state index in [1.165, 1.54) is 0 Å². The molecule has 0 saturated carbocycles. The molecular formula is C27H28N2O6. The van der Waals surface area contributed by atoms with E-state index in [4.69, 9.17) is 14.2 Å². The van der Waals surface area contributed by atoms with E-state index in [1.54, 1.807) is 61.7 Å². The second-order valence-corrected chi connectivity index (χ2v) is 7.73. The maximum Gasteiger partial charge on any atom is 0.306 e. The number of aryl methyl sites for hydroxylation is 1. The van der Waals surface area contributed by atoms with Crippen molar-refractivity contribution in [3.8, 4) is 17.2 Å². The molecule has 0 atom stereocenters. The summed E-state index contributed by atoms with van der Waals surface area (Å²) in [6.45, 7) is 1.50. The number of methoxy groups -OCH3 is 1. The van der Waals surface area contributed by atoms with Gasteiger partial charge >= 0.3 is 5.97 Å². The summed E-state index contributed by atoms with van der Waals surface area (Å²) in [4.78, 5) is 36.0. The van der Waals surface area contributed by atoms with Crippen molar-refractivity contribution in [1.82, 2.24) is 0 Å². The third kappa shape index (κ3) is 8.51. The van der Waals surface area contributed by atoms with Gasteiger partial charge in [-0.1, -0.05) is 18.2 Å². The van der Waals surface area contributed by atoms with Crippen LogP contribution < -0.4 is 20.1 Å². The number of nitrogens with one attached hydrogen (secondary N) is 2. The average molecular weight is 477 g/mol. The Balaban J connectivity index is 1.33. The van der Waals surface area contributed by atoms with Crippen molar-refractivity contribution < 1.29 is 28.6 Å². The number of carbonyl (C=O) groups is 3. The summed E-state index contributed by atoms with van der Waals surface area (Å²) in [6.07, 6.45) is 0.497. The van der Waals surface area contributed by atoms with Gasteiger partial charge in [0.1, 0.15) is 17.2 Å². The van der Waals surface area contributed by atoms with Gasteiger partial charge < -0.3 is 24.8 Å². The Kier molecular flexibility index (Phi) is 9.24.